The van der Waals surface area contributed by atoms with Gasteiger partial charge in [0.1, 0.15) is 5.75 Å². The van der Waals surface area contributed by atoms with Crippen molar-refractivity contribution in [2.24, 2.45) is 5.73 Å². The van der Waals surface area contributed by atoms with E-state index in [-0.39, 0.29) is 33.0 Å². The Morgan fingerprint density at radius 1 is 1.25 bits per heavy atom. The van der Waals surface area contributed by atoms with Gasteiger partial charge in [-0.3, -0.25) is 14.1 Å². The molecule has 2 heterocycles. The summed E-state index contributed by atoms with van der Waals surface area (Å²) in [5, 5.41) is 3.41. The maximum Gasteiger partial charge on any atom is 0.446 e. The van der Waals surface area contributed by atoms with Crippen LogP contribution in [-0.2, 0) is 0 Å². The molecule has 0 spiro atoms. The lowest BCUT2D eigenvalue weighted by atomic mass is 10.1. The normalized spacial score (nSPS) is 11.0. The Kier molecular flexibility index (Phi) is 5.30. The minimum atomic E-state index is -0.965. The van der Waals surface area contributed by atoms with Crippen LogP contribution in [0.15, 0.2) is 38.5 Å². The lowest BCUT2D eigenvalue weighted by Gasteiger charge is -2.13. The molecule has 0 bridgehead atoms. The number of hydrogen-bond donors (Lipinski definition) is 2. The summed E-state index contributed by atoms with van der Waals surface area (Å²) in [5.41, 5.74) is 5.61. The van der Waals surface area contributed by atoms with Gasteiger partial charge in [-0.1, -0.05) is 37.0 Å². The number of halogens is 2. The van der Waals surface area contributed by atoms with Gasteiger partial charge in [-0.2, -0.15) is 0 Å². The molecule has 3 N–H and O–H groups in total. The summed E-state index contributed by atoms with van der Waals surface area (Å²) < 4.78 is 11.0. The number of pyridine rings is 1. The van der Waals surface area contributed by atoms with Crippen molar-refractivity contribution in [2.45, 2.75) is 19.8 Å². The molecule has 0 aliphatic heterocycles. The van der Waals surface area contributed by atoms with Gasteiger partial charge in [0.15, 0.2) is 5.75 Å². The van der Waals surface area contributed by atoms with Crippen molar-refractivity contribution in [2.75, 3.05) is 0 Å². The van der Waals surface area contributed by atoms with Crippen molar-refractivity contribution in [1.29, 1.82) is 0 Å². The fraction of sp³-hybridized carbons (Fsp3) is 0.176. The van der Waals surface area contributed by atoms with Crippen LogP contribution >= 0.6 is 23.2 Å². The van der Waals surface area contributed by atoms with Crippen molar-refractivity contribution < 1.29 is 14.1 Å². The maximum absolute atomic E-state index is 11.9. The second-order valence-electron chi connectivity index (χ2n) is 6.09. The topological polar surface area (TPSA) is 133 Å². The first-order chi connectivity index (χ1) is 13.2. The zero-order chi connectivity index (χ0) is 20.6. The van der Waals surface area contributed by atoms with Crippen LogP contribution in [-0.4, -0.2) is 20.6 Å². The van der Waals surface area contributed by atoms with E-state index in [1.807, 2.05) is 13.8 Å². The molecule has 3 rings (SSSR count). The van der Waals surface area contributed by atoms with Gasteiger partial charge in [0.25, 0.3) is 11.5 Å². The third-order valence-corrected chi connectivity index (χ3v) is 4.38. The summed E-state index contributed by atoms with van der Waals surface area (Å²) >= 11 is 12.5. The van der Waals surface area contributed by atoms with Gasteiger partial charge in [0, 0.05) is 11.8 Å². The number of carbonyl (C=O) groups excluding carboxylic acids is 1. The molecule has 146 valence electrons. The quantitative estimate of drug-likeness (QED) is 0.646. The number of ether oxygens (including phenoxy) is 1. The zero-order valence-electron chi connectivity index (χ0n) is 14.7. The second-order valence-corrected chi connectivity index (χ2v) is 6.90. The van der Waals surface area contributed by atoms with Crippen molar-refractivity contribution >= 4 is 29.1 Å². The highest BCUT2D eigenvalue weighted by molar-refractivity contribution is 6.37. The van der Waals surface area contributed by atoms with Crippen LogP contribution < -0.4 is 21.8 Å². The number of carbonyl (C=O) groups is 1. The highest BCUT2D eigenvalue weighted by atomic mass is 35.5. The largest absolute Gasteiger partial charge is 0.453 e. The molecule has 0 fully saturated rings. The van der Waals surface area contributed by atoms with Gasteiger partial charge >= 0.3 is 5.76 Å². The van der Waals surface area contributed by atoms with Crippen molar-refractivity contribution in [3.05, 3.63) is 66.7 Å². The molecule has 0 atom stereocenters. The fourth-order valence-corrected chi connectivity index (χ4v) is 3.05. The van der Waals surface area contributed by atoms with Gasteiger partial charge in [-0.05, 0) is 29.3 Å². The molecule has 11 heteroatoms. The fourth-order valence-electron chi connectivity index (χ4n) is 2.49. The summed E-state index contributed by atoms with van der Waals surface area (Å²) in [7, 11) is 0. The number of aromatic amines is 1. The van der Waals surface area contributed by atoms with E-state index in [2.05, 4.69) is 14.7 Å². The van der Waals surface area contributed by atoms with Crippen LogP contribution in [0.1, 0.15) is 35.9 Å². The molecule has 2 aromatic heterocycles. The molecule has 0 aliphatic carbocycles. The van der Waals surface area contributed by atoms with Crippen LogP contribution in [0.2, 0.25) is 10.0 Å². The number of hydrogen-bond acceptors (Lipinski definition) is 6. The van der Waals surface area contributed by atoms with E-state index in [0.717, 1.165) is 4.57 Å². The first-order valence-electron chi connectivity index (χ1n) is 7.97. The summed E-state index contributed by atoms with van der Waals surface area (Å²) in [6, 6.07) is 4.26. The Labute approximate surface area is 167 Å². The molecular formula is C17H14Cl2N4O5. The molecule has 0 radical (unpaired) electrons. The van der Waals surface area contributed by atoms with E-state index in [9.17, 15) is 14.4 Å². The van der Waals surface area contributed by atoms with Gasteiger partial charge in [-0.25, -0.2) is 9.36 Å². The molecule has 0 saturated heterocycles. The van der Waals surface area contributed by atoms with Crippen molar-refractivity contribution in [3.8, 4) is 17.2 Å². The minimum Gasteiger partial charge on any atom is -0.453 e. The summed E-state index contributed by atoms with van der Waals surface area (Å²) in [4.78, 5) is 37.7. The number of primary amides is 1. The van der Waals surface area contributed by atoms with Gasteiger partial charge < -0.3 is 15.5 Å². The molecule has 1 amide bonds. The van der Waals surface area contributed by atoms with Crippen LogP contribution in [0.3, 0.4) is 0 Å². The monoisotopic (exact) mass is 424 g/mol. The minimum absolute atomic E-state index is 0.0201. The lowest BCUT2D eigenvalue weighted by molar-refractivity contribution is 0.0985. The number of aromatic nitrogens is 3. The predicted molar refractivity (Wildman–Crippen MR) is 102 cm³/mol. The molecule has 0 saturated carbocycles. The van der Waals surface area contributed by atoms with Gasteiger partial charge in [0.05, 0.1) is 15.7 Å². The zero-order valence-corrected chi connectivity index (χ0v) is 16.2. The SMILES string of the molecule is CC(C)c1cc(Oc2c(Cl)cc(-n3c(C(N)=O)noc3=O)cc2Cl)c[nH]c1=O. The molecule has 0 aliphatic rings. The van der Waals surface area contributed by atoms with Gasteiger partial charge in [-0.15, -0.1) is 0 Å². The van der Waals surface area contributed by atoms with Crippen molar-refractivity contribution in [1.82, 2.24) is 14.7 Å². The first-order valence-corrected chi connectivity index (χ1v) is 8.73. The molecule has 1 aromatic carbocycles. The number of nitrogens with one attached hydrogen (secondary N) is 1. The number of benzene rings is 1. The molecule has 9 nitrogen and oxygen atoms in total. The van der Waals surface area contributed by atoms with Crippen LogP contribution in [0.25, 0.3) is 5.69 Å². The Morgan fingerprint density at radius 3 is 2.46 bits per heavy atom. The van der Waals surface area contributed by atoms with E-state index >= 15 is 0 Å². The summed E-state index contributed by atoms with van der Waals surface area (Å²) in [5.74, 6) is -1.91. The van der Waals surface area contributed by atoms with Crippen LogP contribution in [0.5, 0.6) is 11.5 Å². The Morgan fingerprint density at radius 2 is 1.89 bits per heavy atom. The molecule has 28 heavy (non-hydrogen) atoms. The standard InChI is InChI=1S/C17H14Cl2N4O5/c1-7(2)10-5-9(6-21-16(10)25)27-13-11(18)3-8(4-12(13)19)23-15(14(20)24)22-28-17(23)26/h3-7H,1-2H3,(H2,20,24)(H,21,25). The smallest absolute Gasteiger partial charge is 0.446 e. The third-order valence-electron chi connectivity index (χ3n) is 3.81. The molecule has 3 aromatic rings. The van der Waals surface area contributed by atoms with E-state index in [1.54, 1.807) is 6.07 Å². The average Bonchev–Trinajstić information content (AvgIpc) is 3.01. The lowest BCUT2D eigenvalue weighted by Crippen LogP contribution is -2.22. The highest BCUT2D eigenvalue weighted by Gasteiger charge is 2.20. The number of nitrogens with zero attached hydrogens (tertiary/aromatic N) is 2. The van der Waals surface area contributed by atoms with Crippen LogP contribution in [0.4, 0.5) is 0 Å². The Balaban J connectivity index is 2.04. The summed E-state index contributed by atoms with van der Waals surface area (Å²) in [6.45, 7) is 3.74. The summed E-state index contributed by atoms with van der Waals surface area (Å²) in [6.07, 6.45) is 1.38. The molecular weight excluding hydrogens is 411 g/mol. The number of amides is 1. The number of nitrogens with two attached hydrogens (primary N) is 1. The van der Waals surface area contributed by atoms with E-state index in [1.165, 1.54) is 18.3 Å². The highest BCUT2D eigenvalue weighted by Crippen LogP contribution is 2.38. The number of rotatable bonds is 5. The average molecular weight is 425 g/mol. The Bertz CT molecular complexity index is 1160. The molecule has 0 unspecified atom stereocenters. The van der Waals surface area contributed by atoms with Crippen LogP contribution in [0, 0.1) is 0 Å². The maximum atomic E-state index is 11.9. The van der Waals surface area contributed by atoms with Gasteiger partial charge in [0.2, 0.25) is 5.82 Å². The third kappa shape index (κ3) is 3.67. The second kappa shape index (κ2) is 7.53. The number of H-pyrrole nitrogens is 1. The van der Waals surface area contributed by atoms with E-state index in [4.69, 9.17) is 33.7 Å². The van der Waals surface area contributed by atoms with E-state index in [0.29, 0.717) is 11.3 Å². The predicted octanol–water partition coefficient (Wildman–Crippen LogP) is 2.84. The van der Waals surface area contributed by atoms with E-state index < -0.39 is 17.5 Å². The first kappa shape index (κ1) is 19.7. The Hall–Kier alpha value is -3.04. The van der Waals surface area contributed by atoms with Crippen molar-refractivity contribution in [3.63, 3.8) is 0 Å².